The summed E-state index contributed by atoms with van der Waals surface area (Å²) in [5, 5.41) is 6.89. The summed E-state index contributed by atoms with van der Waals surface area (Å²) >= 11 is 0. The Morgan fingerprint density at radius 1 is 1.35 bits per heavy atom. The van der Waals surface area contributed by atoms with Crippen molar-refractivity contribution in [2.24, 2.45) is 10.9 Å². The molecule has 0 aromatic rings. The third-order valence-corrected chi connectivity index (χ3v) is 3.82. The molecule has 1 unspecified atom stereocenters. The number of guanidine groups is 1. The molecule has 0 bridgehead atoms. The van der Waals surface area contributed by atoms with Crippen LogP contribution >= 0.6 is 24.0 Å². The zero-order valence-electron chi connectivity index (χ0n) is 13.8. The molecule has 1 rings (SSSR count). The Hall–Kier alpha value is -0.0400. The van der Waals surface area contributed by atoms with Crippen LogP contribution in [0.1, 0.15) is 47.0 Å². The molecule has 5 heteroatoms. The van der Waals surface area contributed by atoms with Crippen LogP contribution in [0.4, 0.5) is 0 Å². The van der Waals surface area contributed by atoms with E-state index >= 15 is 0 Å². The molecule has 120 valence electrons. The molecule has 2 N–H and O–H groups in total. The van der Waals surface area contributed by atoms with Gasteiger partial charge < -0.3 is 10.6 Å². The highest BCUT2D eigenvalue weighted by molar-refractivity contribution is 14.0. The van der Waals surface area contributed by atoms with Crippen molar-refractivity contribution in [2.75, 3.05) is 26.7 Å². The highest BCUT2D eigenvalue weighted by atomic mass is 127. The fourth-order valence-electron chi connectivity index (χ4n) is 2.58. The summed E-state index contributed by atoms with van der Waals surface area (Å²) < 4.78 is 0. The van der Waals surface area contributed by atoms with Crippen LogP contribution in [0, 0.1) is 5.92 Å². The van der Waals surface area contributed by atoms with Gasteiger partial charge in [0.25, 0.3) is 0 Å². The van der Waals surface area contributed by atoms with Crippen LogP contribution in [-0.2, 0) is 0 Å². The Morgan fingerprint density at radius 3 is 2.60 bits per heavy atom. The first-order valence-corrected chi connectivity index (χ1v) is 7.78. The van der Waals surface area contributed by atoms with Crippen LogP contribution in [0.5, 0.6) is 0 Å². The predicted molar refractivity (Wildman–Crippen MR) is 99.1 cm³/mol. The molecular weight excluding hydrogens is 363 g/mol. The van der Waals surface area contributed by atoms with Gasteiger partial charge in [-0.25, -0.2) is 0 Å². The van der Waals surface area contributed by atoms with E-state index in [0.717, 1.165) is 24.8 Å². The summed E-state index contributed by atoms with van der Waals surface area (Å²) in [5.41, 5.74) is 0. The molecule has 0 aromatic heterocycles. The number of nitrogens with zero attached hydrogens (tertiary/aromatic N) is 2. The van der Waals surface area contributed by atoms with Crippen molar-refractivity contribution in [2.45, 2.75) is 59.0 Å². The molecule has 20 heavy (non-hydrogen) atoms. The highest BCUT2D eigenvalue weighted by Gasteiger charge is 2.24. The quantitative estimate of drug-likeness (QED) is 0.412. The first-order valence-electron chi connectivity index (χ1n) is 7.78. The minimum absolute atomic E-state index is 0. The lowest BCUT2D eigenvalue weighted by Gasteiger charge is -2.27. The van der Waals surface area contributed by atoms with E-state index in [1.807, 2.05) is 7.05 Å². The summed E-state index contributed by atoms with van der Waals surface area (Å²) in [5.74, 6) is 1.68. The van der Waals surface area contributed by atoms with Gasteiger partial charge in [0.2, 0.25) is 0 Å². The van der Waals surface area contributed by atoms with Gasteiger partial charge in [0, 0.05) is 32.2 Å². The third kappa shape index (κ3) is 7.11. The van der Waals surface area contributed by atoms with Crippen molar-refractivity contribution >= 4 is 29.9 Å². The standard InChI is InChI=1S/C15H32N4.HI/c1-6-13(4)18-15(16-5)17-10-14-8-7-9-19(14)11-12(2)3;/h12-14H,6-11H2,1-5H3,(H2,16,17,18);1H/t13?,14-;/m1./s1. The van der Waals surface area contributed by atoms with E-state index in [2.05, 4.69) is 48.2 Å². The summed E-state index contributed by atoms with van der Waals surface area (Å²) in [6.45, 7) is 12.4. The van der Waals surface area contributed by atoms with Crippen LogP contribution < -0.4 is 10.6 Å². The Morgan fingerprint density at radius 2 is 2.05 bits per heavy atom. The molecule has 1 aliphatic rings. The molecular formula is C15H33IN4. The molecule has 1 aliphatic heterocycles. The van der Waals surface area contributed by atoms with E-state index in [1.165, 1.54) is 25.9 Å². The fraction of sp³-hybridized carbons (Fsp3) is 0.933. The Labute approximate surface area is 142 Å². The number of likely N-dealkylation sites (tertiary alicyclic amines) is 1. The Balaban J connectivity index is 0.00000361. The third-order valence-electron chi connectivity index (χ3n) is 3.82. The average molecular weight is 396 g/mol. The van der Waals surface area contributed by atoms with E-state index in [1.54, 1.807) is 0 Å². The van der Waals surface area contributed by atoms with Gasteiger partial charge in [-0.2, -0.15) is 0 Å². The topological polar surface area (TPSA) is 39.7 Å². The normalized spacial score (nSPS) is 21.7. The van der Waals surface area contributed by atoms with Gasteiger partial charge in [0.1, 0.15) is 0 Å². The van der Waals surface area contributed by atoms with Crippen LogP contribution in [0.3, 0.4) is 0 Å². The number of hydrogen-bond donors (Lipinski definition) is 2. The summed E-state index contributed by atoms with van der Waals surface area (Å²) in [6, 6.07) is 1.14. The number of nitrogens with one attached hydrogen (secondary N) is 2. The Bertz CT molecular complexity index is 281. The zero-order valence-corrected chi connectivity index (χ0v) is 16.1. The van der Waals surface area contributed by atoms with Gasteiger partial charge in [-0.3, -0.25) is 9.89 Å². The van der Waals surface area contributed by atoms with Crippen molar-refractivity contribution in [3.8, 4) is 0 Å². The van der Waals surface area contributed by atoms with Gasteiger partial charge in [0.15, 0.2) is 5.96 Å². The fourth-order valence-corrected chi connectivity index (χ4v) is 2.58. The smallest absolute Gasteiger partial charge is 0.191 e. The second-order valence-electron chi connectivity index (χ2n) is 6.09. The van der Waals surface area contributed by atoms with Gasteiger partial charge in [-0.05, 0) is 38.6 Å². The molecule has 1 fully saturated rings. The van der Waals surface area contributed by atoms with E-state index < -0.39 is 0 Å². The maximum absolute atomic E-state index is 4.30. The monoisotopic (exact) mass is 396 g/mol. The van der Waals surface area contributed by atoms with Gasteiger partial charge in [-0.15, -0.1) is 24.0 Å². The van der Waals surface area contributed by atoms with Crippen molar-refractivity contribution in [3.63, 3.8) is 0 Å². The molecule has 1 saturated heterocycles. The molecule has 0 amide bonds. The van der Waals surface area contributed by atoms with Crippen molar-refractivity contribution in [1.82, 2.24) is 15.5 Å². The summed E-state index contributed by atoms with van der Waals surface area (Å²) in [7, 11) is 1.85. The second kappa shape index (κ2) is 10.7. The SMILES string of the molecule is CCC(C)NC(=NC)NC[C@H]1CCCN1CC(C)C.I. The van der Waals surface area contributed by atoms with Crippen molar-refractivity contribution in [3.05, 3.63) is 0 Å². The molecule has 0 saturated carbocycles. The van der Waals surface area contributed by atoms with E-state index in [-0.39, 0.29) is 24.0 Å². The van der Waals surface area contributed by atoms with E-state index in [0.29, 0.717) is 12.1 Å². The number of rotatable bonds is 6. The molecule has 2 atom stereocenters. The molecule has 0 radical (unpaired) electrons. The van der Waals surface area contributed by atoms with E-state index in [4.69, 9.17) is 0 Å². The van der Waals surface area contributed by atoms with Crippen molar-refractivity contribution in [1.29, 1.82) is 0 Å². The summed E-state index contributed by atoms with van der Waals surface area (Å²) in [4.78, 5) is 6.92. The average Bonchev–Trinajstić information content (AvgIpc) is 2.80. The van der Waals surface area contributed by atoms with Crippen LogP contribution in [-0.4, -0.2) is 49.6 Å². The lowest BCUT2D eigenvalue weighted by molar-refractivity contribution is 0.226. The van der Waals surface area contributed by atoms with Gasteiger partial charge in [0.05, 0.1) is 0 Å². The predicted octanol–water partition coefficient (Wildman–Crippen LogP) is 2.69. The molecule has 0 spiro atoms. The first-order chi connectivity index (χ1) is 9.06. The van der Waals surface area contributed by atoms with Crippen LogP contribution in [0.2, 0.25) is 0 Å². The van der Waals surface area contributed by atoms with Gasteiger partial charge >= 0.3 is 0 Å². The minimum atomic E-state index is 0. The lowest BCUT2D eigenvalue weighted by atomic mass is 10.1. The first kappa shape index (κ1) is 20.0. The number of halogens is 1. The molecule has 0 aliphatic carbocycles. The number of hydrogen-bond acceptors (Lipinski definition) is 2. The van der Waals surface area contributed by atoms with E-state index in [9.17, 15) is 0 Å². The minimum Gasteiger partial charge on any atom is -0.355 e. The number of aliphatic imine (C=N–C) groups is 1. The molecule has 4 nitrogen and oxygen atoms in total. The molecule has 1 heterocycles. The Kier molecular flexibility index (Phi) is 10.6. The molecule has 0 aromatic carbocycles. The van der Waals surface area contributed by atoms with Crippen LogP contribution in [0.25, 0.3) is 0 Å². The highest BCUT2D eigenvalue weighted by Crippen LogP contribution is 2.17. The maximum atomic E-state index is 4.30. The second-order valence-corrected chi connectivity index (χ2v) is 6.09. The van der Waals surface area contributed by atoms with Crippen LogP contribution in [0.15, 0.2) is 4.99 Å². The largest absolute Gasteiger partial charge is 0.355 e. The van der Waals surface area contributed by atoms with Crippen molar-refractivity contribution < 1.29 is 0 Å². The summed E-state index contributed by atoms with van der Waals surface area (Å²) in [6.07, 6.45) is 3.75. The lowest BCUT2D eigenvalue weighted by Crippen LogP contribution is -2.47. The maximum Gasteiger partial charge on any atom is 0.191 e. The zero-order chi connectivity index (χ0) is 14.3. The van der Waals surface area contributed by atoms with Gasteiger partial charge in [-0.1, -0.05) is 20.8 Å².